The molecule has 0 N–H and O–H groups in total. The molecule has 0 aliphatic carbocycles. The van der Waals surface area contributed by atoms with E-state index < -0.39 is 0 Å². The lowest BCUT2D eigenvalue weighted by Crippen LogP contribution is -2.01. The fourth-order valence-corrected chi connectivity index (χ4v) is 5.47. The van der Waals surface area contributed by atoms with Crippen LogP contribution in [0.2, 0.25) is 0 Å². The summed E-state index contributed by atoms with van der Waals surface area (Å²) in [4.78, 5) is 33.2. The van der Waals surface area contributed by atoms with Crippen molar-refractivity contribution >= 4 is 32.5 Å². The average Bonchev–Trinajstić information content (AvgIpc) is 3.41. The molecule has 2 aromatic carbocycles. The van der Waals surface area contributed by atoms with Crippen LogP contribution in [0.3, 0.4) is 0 Å². The van der Waals surface area contributed by atoms with Gasteiger partial charge in [-0.05, 0) is 36.4 Å². The molecule has 0 bridgehead atoms. The fourth-order valence-electron chi connectivity index (χ4n) is 4.51. The summed E-state index contributed by atoms with van der Waals surface area (Å²) in [7, 11) is 0. The maximum Gasteiger partial charge on any atom is 0.160 e. The molecule has 7 aromatic rings. The minimum atomic E-state index is 0.571. The largest absolute Gasteiger partial charge is 0.261 e. The number of fused-ring (bicyclic) bond motifs is 2. The van der Waals surface area contributed by atoms with Crippen LogP contribution in [0.1, 0.15) is 0 Å². The lowest BCUT2D eigenvalue weighted by molar-refractivity contribution is 1.17. The van der Waals surface area contributed by atoms with Gasteiger partial charge in [-0.2, -0.15) is 0 Å². The van der Waals surface area contributed by atoms with Crippen molar-refractivity contribution in [1.29, 1.82) is 0 Å². The molecule has 0 radical (unpaired) electrons. The second-order valence-corrected chi connectivity index (χ2v) is 9.31. The maximum atomic E-state index is 5.19. The standard InChI is InChI=1S/C29H17N7S/c1-2-11-23-20(9-1)36-29(37-23)27-25(22-17-30-15-16-32-22)26(28-33-13-6-14-34-28)24-18(7-5-10-21(24)35-27)19-8-3-4-12-31-19/h1-17H. The molecule has 0 aliphatic heterocycles. The van der Waals surface area contributed by atoms with Crippen LogP contribution >= 0.6 is 11.3 Å². The molecule has 7 rings (SSSR count). The Morgan fingerprint density at radius 3 is 2.19 bits per heavy atom. The first kappa shape index (κ1) is 21.3. The van der Waals surface area contributed by atoms with E-state index in [1.807, 2.05) is 54.6 Å². The number of thiazole rings is 1. The Morgan fingerprint density at radius 2 is 1.38 bits per heavy atom. The Bertz CT molecular complexity index is 1840. The quantitative estimate of drug-likeness (QED) is 0.276. The summed E-state index contributed by atoms with van der Waals surface area (Å²) in [5, 5.41) is 1.70. The summed E-state index contributed by atoms with van der Waals surface area (Å²) in [5.41, 5.74) is 6.50. The average molecular weight is 496 g/mol. The van der Waals surface area contributed by atoms with E-state index in [0.717, 1.165) is 54.2 Å². The third kappa shape index (κ3) is 3.71. The molecule has 174 valence electrons. The van der Waals surface area contributed by atoms with Gasteiger partial charge >= 0.3 is 0 Å². The summed E-state index contributed by atoms with van der Waals surface area (Å²) in [5.74, 6) is 0.571. The van der Waals surface area contributed by atoms with Crippen LogP contribution in [0.15, 0.2) is 104 Å². The second kappa shape index (κ2) is 8.92. The predicted octanol–water partition coefficient (Wildman–Crippen LogP) is 6.49. The molecule has 0 unspecified atom stereocenters. The van der Waals surface area contributed by atoms with Crippen molar-refractivity contribution < 1.29 is 0 Å². The maximum absolute atomic E-state index is 5.19. The van der Waals surface area contributed by atoms with E-state index >= 15 is 0 Å². The number of benzene rings is 2. The van der Waals surface area contributed by atoms with Gasteiger partial charge in [0.15, 0.2) is 5.82 Å². The number of nitrogens with zero attached hydrogens (tertiary/aromatic N) is 7. The first-order valence-corrected chi connectivity index (χ1v) is 12.5. The van der Waals surface area contributed by atoms with Gasteiger partial charge in [-0.3, -0.25) is 15.0 Å². The van der Waals surface area contributed by atoms with Gasteiger partial charge in [-0.1, -0.05) is 30.3 Å². The number of hydrogen-bond donors (Lipinski definition) is 0. The number of pyridine rings is 2. The monoisotopic (exact) mass is 495 g/mol. The van der Waals surface area contributed by atoms with E-state index in [1.165, 1.54) is 0 Å². The smallest absolute Gasteiger partial charge is 0.160 e. The first-order chi connectivity index (χ1) is 18.4. The summed E-state index contributed by atoms with van der Waals surface area (Å²) in [6, 6.07) is 21.8. The highest BCUT2D eigenvalue weighted by atomic mass is 32.1. The van der Waals surface area contributed by atoms with Crippen molar-refractivity contribution in [2.45, 2.75) is 0 Å². The summed E-state index contributed by atoms with van der Waals surface area (Å²) in [6.45, 7) is 0. The summed E-state index contributed by atoms with van der Waals surface area (Å²) >= 11 is 1.60. The highest BCUT2D eigenvalue weighted by Gasteiger charge is 2.26. The Hall–Kier alpha value is -4.95. The van der Waals surface area contributed by atoms with Crippen molar-refractivity contribution in [1.82, 2.24) is 34.9 Å². The molecule has 5 heterocycles. The summed E-state index contributed by atoms with van der Waals surface area (Å²) < 4.78 is 1.09. The molecule has 0 aliphatic rings. The van der Waals surface area contributed by atoms with Gasteiger partial charge in [0.05, 0.1) is 33.3 Å². The third-order valence-corrected chi connectivity index (χ3v) is 7.10. The van der Waals surface area contributed by atoms with Crippen LogP contribution < -0.4 is 0 Å². The zero-order valence-corrected chi connectivity index (χ0v) is 20.2. The van der Waals surface area contributed by atoms with Crippen LogP contribution in [0.5, 0.6) is 0 Å². The molecule has 37 heavy (non-hydrogen) atoms. The molecule has 0 fully saturated rings. The SMILES string of the molecule is c1ccc(-c2cccc3nc(-c4nc5ccccc5s4)c(-c4cnccn4)c(-c4ncccn4)c23)nc1. The highest BCUT2D eigenvalue weighted by molar-refractivity contribution is 7.21. The number of hydrogen-bond acceptors (Lipinski definition) is 8. The molecule has 0 amide bonds. The van der Waals surface area contributed by atoms with E-state index in [1.54, 1.807) is 48.5 Å². The van der Waals surface area contributed by atoms with Crippen LogP contribution in [-0.4, -0.2) is 34.9 Å². The minimum absolute atomic E-state index is 0.571. The van der Waals surface area contributed by atoms with Gasteiger partial charge in [-0.25, -0.2) is 19.9 Å². The van der Waals surface area contributed by atoms with Crippen LogP contribution in [-0.2, 0) is 0 Å². The van der Waals surface area contributed by atoms with Gasteiger partial charge in [0.25, 0.3) is 0 Å². The van der Waals surface area contributed by atoms with E-state index in [0.29, 0.717) is 11.5 Å². The molecule has 0 atom stereocenters. The van der Waals surface area contributed by atoms with Crippen LogP contribution in [0.25, 0.3) is 65.7 Å². The van der Waals surface area contributed by atoms with Crippen molar-refractivity contribution in [3.63, 3.8) is 0 Å². The van der Waals surface area contributed by atoms with Gasteiger partial charge in [0.2, 0.25) is 0 Å². The van der Waals surface area contributed by atoms with Crippen LogP contribution in [0.4, 0.5) is 0 Å². The van der Waals surface area contributed by atoms with Crippen molar-refractivity contribution in [2.24, 2.45) is 0 Å². The molecule has 0 spiro atoms. The number of aromatic nitrogens is 7. The molecule has 7 nitrogen and oxygen atoms in total. The Balaban J connectivity index is 1.67. The van der Waals surface area contributed by atoms with Crippen LogP contribution in [0, 0.1) is 0 Å². The van der Waals surface area contributed by atoms with E-state index in [-0.39, 0.29) is 0 Å². The highest BCUT2D eigenvalue weighted by Crippen LogP contribution is 2.45. The lowest BCUT2D eigenvalue weighted by Gasteiger charge is -2.17. The number of rotatable bonds is 4. The van der Waals surface area contributed by atoms with Gasteiger partial charge in [0, 0.05) is 53.1 Å². The topological polar surface area (TPSA) is 90.2 Å². The molecule has 0 saturated carbocycles. The Labute approximate surface area is 215 Å². The molecular formula is C29H17N7S. The lowest BCUT2D eigenvalue weighted by atomic mass is 9.93. The Kier molecular flexibility index (Phi) is 5.15. The van der Waals surface area contributed by atoms with Crippen molar-refractivity contribution in [2.75, 3.05) is 0 Å². The normalized spacial score (nSPS) is 11.2. The van der Waals surface area contributed by atoms with Crippen molar-refractivity contribution in [3.05, 3.63) is 104 Å². The van der Waals surface area contributed by atoms with Crippen molar-refractivity contribution in [3.8, 4) is 44.6 Å². The first-order valence-electron chi connectivity index (χ1n) is 11.6. The summed E-state index contributed by atoms with van der Waals surface area (Å²) in [6.07, 6.45) is 10.4. The molecular weight excluding hydrogens is 478 g/mol. The van der Waals surface area contributed by atoms with Gasteiger partial charge in [-0.15, -0.1) is 11.3 Å². The third-order valence-electron chi connectivity index (χ3n) is 6.06. The zero-order chi connectivity index (χ0) is 24.6. The van der Waals surface area contributed by atoms with E-state index in [4.69, 9.17) is 9.97 Å². The van der Waals surface area contributed by atoms with E-state index in [2.05, 4.69) is 37.1 Å². The van der Waals surface area contributed by atoms with Gasteiger partial charge < -0.3 is 0 Å². The van der Waals surface area contributed by atoms with Gasteiger partial charge in [0.1, 0.15) is 10.7 Å². The molecule has 5 aromatic heterocycles. The fraction of sp³-hybridized carbons (Fsp3) is 0. The minimum Gasteiger partial charge on any atom is -0.261 e. The molecule has 0 saturated heterocycles. The molecule has 8 heteroatoms. The second-order valence-electron chi connectivity index (χ2n) is 8.27. The number of para-hydroxylation sites is 1. The Morgan fingerprint density at radius 1 is 0.568 bits per heavy atom. The zero-order valence-electron chi connectivity index (χ0n) is 19.4. The van der Waals surface area contributed by atoms with E-state index in [9.17, 15) is 0 Å². The predicted molar refractivity (Wildman–Crippen MR) is 146 cm³/mol.